The molecule has 0 spiro atoms. The molecule has 0 saturated carbocycles. The standard InChI is InChI=1S/C13H19NO3/c1-10(2)9-17-12-5-3-4-11(8-12)13(16)14-6-7-15/h3-5,8,10,15H,6-7,9H2,1-2H3,(H,14,16). The van der Waals surface area contributed by atoms with Crippen LogP contribution in [0, 0.1) is 5.92 Å². The van der Waals surface area contributed by atoms with Crippen LogP contribution < -0.4 is 10.1 Å². The summed E-state index contributed by atoms with van der Waals surface area (Å²) in [6.07, 6.45) is 0. The van der Waals surface area contributed by atoms with Gasteiger partial charge in [0, 0.05) is 12.1 Å². The van der Waals surface area contributed by atoms with Gasteiger partial charge in [-0.05, 0) is 24.1 Å². The Kier molecular flexibility index (Phi) is 5.49. The first-order valence-electron chi connectivity index (χ1n) is 5.75. The molecule has 0 aliphatic carbocycles. The van der Waals surface area contributed by atoms with Gasteiger partial charge in [0.05, 0.1) is 13.2 Å². The van der Waals surface area contributed by atoms with E-state index in [1.807, 2.05) is 6.07 Å². The van der Waals surface area contributed by atoms with Gasteiger partial charge in [0.25, 0.3) is 5.91 Å². The third kappa shape index (κ3) is 4.87. The van der Waals surface area contributed by atoms with Crippen LogP contribution in [-0.2, 0) is 0 Å². The van der Waals surface area contributed by atoms with E-state index >= 15 is 0 Å². The van der Waals surface area contributed by atoms with E-state index in [4.69, 9.17) is 9.84 Å². The fourth-order valence-corrected chi connectivity index (χ4v) is 1.26. The zero-order chi connectivity index (χ0) is 12.7. The van der Waals surface area contributed by atoms with Crippen LogP contribution in [0.1, 0.15) is 24.2 Å². The Morgan fingerprint density at radius 2 is 2.24 bits per heavy atom. The third-order valence-corrected chi connectivity index (χ3v) is 2.08. The van der Waals surface area contributed by atoms with Crippen LogP contribution in [-0.4, -0.2) is 30.8 Å². The van der Waals surface area contributed by atoms with Gasteiger partial charge in [-0.2, -0.15) is 0 Å². The summed E-state index contributed by atoms with van der Waals surface area (Å²) in [6, 6.07) is 7.03. The Hall–Kier alpha value is -1.55. The number of aliphatic hydroxyl groups is 1. The van der Waals surface area contributed by atoms with Crippen LogP contribution in [0.4, 0.5) is 0 Å². The second kappa shape index (κ2) is 6.91. The predicted octanol–water partition coefficient (Wildman–Crippen LogP) is 1.44. The minimum absolute atomic E-state index is 0.0602. The Morgan fingerprint density at radius 3 is 2.88 bits per heavy atom. The average molecular weight is 237 g/mol. The van der Waals surface area contributed by atoms with Crippen LogP contribution in [0.2, 0.25) is 0 Å². The SMILES string of the molecule is CC(C)COc1cccc(C(=O)NCCO)c1. The molecule has 0 saturated heterocycles. The first-order valence-corrected chi connectivity index (χ1v) is 5.75. The van der Waals surface area contributed by atoms with Crippen LogP contribution in [0.3, 0.4) is 0 Å². The van der Waals surface area contributed by atoms with Gasteiger partial charge in [0.15, 0.2) is 0 Å². The van der Waals surface area contributed by atoms with Crippen molar-refractivity contribution in [2.75, 3.05) is 19.8 Å². The summed E-state index contributed by atoms with van der Waals surface area (Å²) < 4.78 is 5.53. The monoisotopic (exact) mass is 237 g/mol. The summed E-state index contributed by atoms with van der Waals surface area (Å²) in [5.74, 6) is 0.936. The molecule has 1 aromatic carbocycles. The largest absolute Gasteiger partial charge is 0.493 e. The minimum atomic E-state index is -0.200. The van der Waals surface area contributed by atoms with Crippen molar-refractivity contribution < 1.29 is 14.6 Å². The van der Waals surface area contributed by atoms with Gasteiger partial charge in [-0.25, -0.2) is 0 Å². The number of benzene rings is 1. The van der Waals surface area contributed by atoms with Crippen LogP contribution in [0.15, 0.2) is 24.3 Å². The summed E-state index contributed by atoms with van der Waals surface area (Å²) in [7, 11) is 0. The highest BCUT2D eigenvalue weighted by Gasteiger charge is 2.06. The lowest BCUT2D eigenvalue weighted by molar-refractivity contribution is 0.0944. The fraction of sp³-hybridized carbons (Fsp3) is 0.462. The molecule has 94 valence electrons. The molecule has 2 N–H and O–H groups in total. The molecule has 0 unspecified atom stereocenters. The van der Waals surface area contributed by atoms with Crippen molar-refractivity contribution in [1.29, 1.82) is 0 Å². The molecule has 0 aliphatic rings. The molecule has 0 heterocycles. The van der Waals surface area contributed by atoms with Crippen molar-refractivity contribution in [3.8, 4) is 5.75 Å². The molecule has 0 radical (unpaired) electrons. The van der Waals surface area contributed by atoms with Crippen LogP contribution >= 0.6 is 0 Å². The van der Waals surface area contributed by atoms with E-state index in [1.54, 1.807) is 18.2 Å². The number of carbonyl (C=O) groups excluding carboxylic acids is 1. The van der Waals surface area contributed by atoms with Crippen molar-refractivity contribution >= 4 is 5.91 Å². The number of amides is 1. The van der Waals surface area contributed by atoms with Gasteiger partial charge in [-0.1, -0.05) is 19.9 Å². The highest BCUT2D eigenvalue weighted by molar-refractivity contribution is 5.94. The Bertz CT molecular complexity index is 363. The van der Waals surface area contributed by atoms with Crippen molar-refractivity contribution in [3.05, 3.63) is 29.8 Å². The number of hydrogen-bond donors (Lipinski definition) is 2. The van der Waals surface area contributed by atoms with Crippen molar-refractivity contribution in [2.45, 2.75) is 13.8 Å². The maximum atomic E-state index is 11.6. The van der Waals surface area contributed by atoms with Crippen molar-refractivity contribution in [2.24, 2.45) is 5.92 Å². The first kappa shape index (κ1) is 13.5. The molecule has 4 heteroatoms. The topological polar surface area (TPSA) is 58.6 Å². The van der Waals surface area contributed by atoms with E-state index in [-0.39, 0.29) is 19.1 Å². The lowest BCUT2D eigenvalue weighted by atomic mass is 10.2. The normalized spacial score (nSPS) is 10.4. The maximum Gasteiger partial charge on any atom is 0.251 e. The Morgan fingerprint density at radius 1 is 1.47 bits per heavy atom. The number of hydrogen-bond acceptors (Lipinski definition) is 3. The van der Waals surface area contributed by atoms with Gasteiger partial charge < -0.3 is 15.2 Å². The van der Waals surface area contributed by atoms with Gasteiger partial charge in [-0.3, -0.25) is 4.79 Å². The molecule has 4 nitrogen and oxygen atoms in total. The predicted molar refractivity (Wildman–Crippen MR) is 66.2 cm³/mol. The van der Waals surface area contributed by atoms with Crippen LogP contribution in [0.5, 0.6) is 5.75 Å². The van der Waals surface area contributed by atoms with E-state index in [2.05, 4.69) is 19.2 Å². The fourth-order valence-electron chi connectivity index (χ4n) is 1.26. The van der Waals surface area contributed by atoms with Gasteiger partial charge in [0.1, 0.15) is 5.75 Å². The lowest BCUT2D eigenvalue weighted by Gasteiger charge is -2.10. The molecule has 17 heavy (non-hydrogen) atoms. The number of carbonyl (C=O) groups is 1. The highest BCUT2D eigenvalue weighted by atomic mass is 16.5. The molecular formula is C13H19NO3. The molecule has 1 aromatic rings. The molecular weight excluding hydrogens is 218 g/mol. The second-order valence-corrected chi connectivity index (χ2v) is 4.21. The highest BCUT2D eigenvalue weighted by Crippen LogP contribution is 2.14. The molecule has 0 bridgehead atoms. The molecule has 0 aromatic heterocycles. The van der Waals surface area contributed by atoms with E-state index in [0.717, 1.165) is 0 Å². The maximum absolute atomic E-state index is 11.6. The summed E-state index contributed by atoms with van der Waals surface area (Å²) in [5, 5.41) is 11.2. The van der Waals surface area contributed by atoms with E-state index in [0.29, 0.717) is 23.8 Å². The lowest BCUT2D eigenvalue weighted by Crippen LogP contribution is -2.26. The summed E-state index contributed by atoms with van der Waals surface area (Å²) >= 11 is 0. The zero-order valence-electron chi connectivity index (χ0n) is 10.3. The minimum Gasteiger partial charge on any atom is -0.493 e. The van der Waals surface area contributed by atoms with E-state index < -0.39 is 0 Å². The summed E-state index contributed by atoms with van der Waals surface area (Å²) in [6.45, 7) is 4.96. The van der Waals surface area contributed by atoms with Gasteiger partial charge >= 0.3 is 0 Å². The Labute approximate surface area is 102 Å². The Balaban J connectivity index is 2.61. The molecule has 1 amide bonds. The molecule has 1 rings (SSSR count). The second-order valence-electron chi connectivity index (χ2n) is 4.21. The number of rotatable bonds is 6. The van der Waals surface area contributed by atoms with Gasteiger partial charge in [-0.15, -0.1) is 0 Å². The average Bonchev–Trinajstić information content (AvgIpc) is 2.33. The number of ether oxygens (including phenoxy) is 1. The zero-order valence-corrected chi connectivity index (χ0v) is 10.3. The van der Waals surface area contributed by atoms with E-state index in [1.165, 1.54) is 0 Å². The van der Waals surface area contributed by atoms with Crippen LogP contribution in [0.25, 0.3) is 0 Å². The molecule has 0 aliphatic heterocycles. The summed E-state index contributed by atoms with van der Waals surface area (Å²) in [5.41, 5.74) is 0.541. The molecule has 0 fully saturated rings. The summed E-state index contributed by atoms with van der Waals surface area (Å²) in [4.78, 5) is 11.6. The number of aliphatic hydroxyl groups excluding tert-OH is 1. The quantitative estimate of drug-likeness (QED) is 0.787. The van der Waals surface area contributed by atoms with Crippen molar-refractivity contribution in [1.82, 2.24) is 5.32 Å². The smallest absolute Gasteiger partial charge is 0.251 e. The first-order chi connectivity index (χ1) is 8.13. The number of nitrogens with one attached hydrogen (secondary N) is 1. The third-order valence-electron chi connectivity index (χ3n) is 2.08. The van der Waals surface area contributed by atoms with Gasteiger partial charge in [0.2, 0.25) is 0 Å². The molecule has 0 atom stereocenters. The van der Waals surface area contributed by atoms with Crippen molar-refractivity contribution in [3.63, 3.8) is 0 Å². The van der Waals surface area contributed by atoms with E-state index in [9.17, 15) is 4.79 Å².